The first-order valence-corrected chi connectivity index (χ1v) is 8.68. The topological polar surface area (TPSA) is 42.0 Å². The summed E-state index contributed by atoms with van der Waals surface area (Å²) in [6, 6.07) is 25.5. The van der Waals surface area contributed by atoms with Crippen LogP contribution < -0.4 is 5.32 Å². The molecular formula is C23H17FN2O. The number of fused-ring (bicyclic) bond motifs is 1. The maximum atomic E-state index is 13.0. The summed E-state index contributed by atoms with van der Waals surface area (Å²) in [4.78, 5) is 17.0. The largest absolute Gasteiger partial charge is 0.326 e. The van der Waals surface area contributed by atoms with E-state index >= 15 is 0 Å². The fourth-order valence-electron chi connectivity index (χ4n) is 2.98. The number of pyridine rings is 1. The molecule has 0 radical (unpaired) electrons. The summed E-state index contributed by atoms with van der Waals surface area (Å²) in [5.41, 5.74) is 4.18. The van der Waals surface area contributed by atoms with Crippen LogP contribution in [0.25, 0.3) is 22.2 Å². The van der Waals surface area contributed by atoms with Crippen LogP contribution >= 0.6 is 0 Å². The summed E-state index contributed by atoms with van der Waals surface area (Å²) in [5.74, 6) is -0.458. The zero-order valence-corrected chi connectivity index (χ0v) is 14.5. The summed E-state index contributed by atoms with van der Waals surface area (Å²) in [7, 11) is 0. The second kappa shape index (κ2) is 7.38. The first-order chi connectivity index (χ1) is 13.2. The summed E-state index contributed by atoms with van der Waals surface area (Å²) < 4.78 is 13.0. The van der Waals surface area contributed by atoms with Gasteiger partial charge < -0.3 is 5.32 Å². The lowest BCUT2D eigenvalue weighted by atomic mass is 10.1. The van der Waals surface area contributed by atoms with E-state index in [2.05, 4.69) is 5.32 Å². The lowest BCUT2D eigenvalue weighted by Crippen LogP contribution is -2.14. The second-order valence-electron chi connectivity index (χ2n) is 6.32. The van der Waals surface area contributed by atoms with Gasteiger partial charge in [0.15, 0.2) is 0 Å². The predicted molar refractivity (Wildman–Crippen MR) is 106 cm³/mol. The highest BCUT2D eigenvalue weighted by molar-refractivity contribution is 5.93. The van der Waals surface area contributed by atoms with Gasteiger partial charge in [-0.05, 0) is 42.0 Å². The predicted octanol–water partition coefficient (Wildman–Crippen LogP) is 5.22. The highest BCUT2D eigenvalue weighted by atomic mass is 19.1. The molecule has 1 N–H and O–H groups in total. The van der Waals surface area contributed by atoms with Gasteiger partial charge in [0.25, 0.3) is 0 Å². The van der Waals surface area contributed by atoms with Crippen LogP contribution in [0.4, 0.5) is 10.1 Å². The number of amides is 1. The Morgan fingerprint density at radius 3 is 2.56 bits per heavy atom. The van der Waals surface area contributed by atoms with Gasteiger partial charge in [0.05, 0.1) is 17.6 Å². The van der Waals surface area contributed by atoms with Crippen molar-refractivity contribution >= 4 is 22.5 Å². The molecule has 0 atom stereocenters. The molecule has 3 nitrogen and oxygen atoms in total. The normalized spacial score (nSPS) is 10.7. The van der Waals surface area contributed by atoms with Crippen molar-refractivity contribution in [2.45, 2.75) is 6.42 Å². The Bertz CT molecular complexity index is 1110. The highest BCUT2D eigenvalue weighted by Crippen LogP contribution is 2.23. The van der Waals surface area contributed by atoms with Gasteiger partial charge in [0, 0.05) is 16.6 Å². The van der Waals surface area contributed by atoms with Crippen LogP contribution in [0.1, 0.15) is 5.56 Å². The van der Waals surface area contributed by atoms with E-state index < -0.39 is 0 Å². The van der Waals surface area contributed by atoms with Gasteiger partial charge in [-0.1, -0.05) is 48.5 Å². The third-order valence-corrected chi connectivity index (χ3v) is 4.32. The lowest BCUT2D eigenvalue weighted by molar-refractivity contribution is -0.115. The van der Waals surface area contributed by atoms with E-state index in [-0.39, 0.29) is 18.1 Å². The molecule has 27 heavy (non-hydrogen) atoms. The fourth-order valence-corrected chi connectivity index (χ4v) is 2.98. The maximum Gasteiger partial charge on any atom is 0.228 e. The molecule has 4 aromatic rings. The molecule has 132 valence electrons. The van der Waals surface area contributed by atoms with Crippen molar-refractivity contribution in [2.75, 3.05) is 5.32 Å². The van der Waals surface area contributed by atoms with Gasteiger partial charge in [-0.2, -0.15) is 0 Å². The Balaban J connectivity index is 1.52. The van der Waals surface area contributed by atoms with E-state index in [9.17, 15) is 9.18 Å². The van der Waals surface area contributed by atoms with Crippen LogP contribution in [0.5, 0.6) is 0 Å². The van der Waals surface area contributed by atoms with Gasteiger partial charge in [-0.15, -0.1) is 0 Å². The molecule has 0 fully saturated rings. The van der Waals surface area contributed by atoms with Crippen molar-refractivity contribution in [3.63, 3.8) is 0 Å². The van der Waals surface area contributed by atoms with Crippen LogP contribution in [0.15, 0.2) is 84.9 Å². The number of benzene rings is 3. The van der Waals surface area contributed by atoms with Gasteiger partial charge >= 0.3 is 0 Å². The molecule has 4 rings (SSSR count). The summed E-state index contributed by atoms with van der Waals surface area (Å²) in [6.07, 6.45) is 0.193. The third kappa shape index (κ3) is 4.01. The number of hydrogen-bond acceptors (Lipinski definition) is 2. The number of aromatic nitrogens is 1. The molecule has 4 heteroatoms. The number of anilines is 1. The molecule has 1 amide bonds. The Hall–Kier alpha value is -3.53. The average molecular weight is 356 g/mol. The highest BCUT2D eigenvalue weighted by Gasteiger charge is 2.07. The Kier molecular flexibility index (Phi) is 4.62. The van der Waals surface area contributed by atoms with Gasteiger partial charge in [0.2, 0.25) is 5.91 Å². The number of halogens is 1. The number of carbonyl (C=O) groups is 1. The number of hydrogen-bond donors (Lipinski definition) is 1. The molecule has 0 aliphatic rings. The van der Waals surface area contributed by atoms with E-state index in [1.165, 1.54) is 12.1 Å². The van der Waals surface area contributed by atoms with Gasteiger partial charge in [-0.3, -0.25) is 4.79 Å². The van der Waals surface area contributed by atoms with Crippen molar-refractivity contribution in [2.24, 2.45) is 0 Å². The Morgan fingerprint density at radius 2 is 1.70 bits per heavy atom. The number of carbonyl (C=O) groups excluding carboxylic acids is 1. The number of rotatable bonds is 4. The Morgan fingerprint density at radius 1 is 0.889 bits per heavy atom. The molecule has 0 bridgehead atoms. The molecule has 0 aliphatic heterocycles. The molecule has 1 aromatic heterocycles. The standard InChI is InChI=1S/C23H17FN2O/c24-19-11-8-16(9-12-19)14-23(27)25-20-6-3-5-18(15-20)22-13-10-17-4-1-2-7-21(17)26-22/h1-13,15H,14H2,(H,25,27). The fraction of sp³-hybridized carbons (Fsp3) is 0.0435. The first kappa shape index (κ1) is 16.9. The van der Waals surface area contributed by atoms with Crippen LogP contribution in [0, 0.1) is 5.82 Å². The molecule has 0 unspecified atom stereocenters. The van der Waals surface area contributed by atoms with Crippen molar-refractivity contribution in [3.8, 4) is 11.3 Å². The van der Waals surface area contributed by atoms with E-state index in [4.69, 9.17) is 4.98 Å². The summed E-state index contributed by atoms with van der Waals surface area (Å²) in [6.45, 7) is 0. The molecule has 0 saturated heterocycles. The monoisotopic (exact) mass is 356 g/mol. The van der Waals surface area contributed by atoms with Crippen LogP contribution in [0.3, 0.4) is 0 Å². The smallest absolute Gasteiger partial charge is 0.228 e. The minimum atomic E-state index is -0.310. The number of para-hydroxylation sites is 1. The maximum absolute atomic E-state index is 13.0. The summed E-state index contributed by atoms with van der Waals surface area (Å²) in [5, 5.41) is 3.98. The summed E-state index contributed by atoms with van der Waals surface area (Å²) >= 11 is 0. The van der Waals surface area contributed by atoms with Gasteiger partial charge in [-0.25, -0.2) is 9.37 Å². The molecule has 0 aliphatic carbocycles. The first-order valence-electron chi connectivity index (χ1n) is 8.68. The van der Waals surface area contributed by atoms with Crippen molar-refractivity contribution in [3.05, 3.63) is 96.3 Å². The zero-order valence-electron chi connectivity index (χ0n) is 14.5. The zero-order chi connectivity index (χ0) is 18.6. The van der Waals surface area contributed by atoms with Crippen LogP contribution in [-0.4, -0.2) is 10.9 Å². The molecule has 0 saturated carbocycles. The van der Waals surface area contributed by atoms with Crippen molar-refractivity contribution in [1.29, 1.82) is 0 Å². The lowest BCUT2D eigenvalue weighted by Gasteiger charge is -2.08. The number of nitrogens with zero attached hydrogens (tertiary/aromatic N) is 1. The van der Waals surface area contributed by atoms with E-state index in [1.807, 2.05) is 60.7 Å². The van der Waals surface area contributed by atoms with E-state index in [1.54, 1.807) is 12.1 Å². The SMILES string of the molecule is O=C(Cc1ccc(F)cc1)Nc1cccc(-c2ccc3ccccc3n2)c1. The average Bonchev–Trinajstić information content (AvgIpc) is 2.69. The van der Waals surface area contributed by atoms with E-state index in [0.717, 1.165) is 27.7 Å². The minimum absolute atomic E-state index is 0.148. The molecule has 0 spiro atoms. The molecular weight excluding hydrogens is 339 g/mol. The van der Waals surface area contributed by atoms with Crippen LogP contribution in [-0.2, 0) is 11.2 Å². The third-order valence-electron chi connectivity index (χ3n) is 4.32. The Labute approximate surface area is 156 Å². The quantitative estimate of drug-likeness (QED) is 0.544. The number of nitrogens with one attached hydrogen (secondary N) is 1. The van der Waals surface area contributed by atoms with Crippen molar-refractivity contribution in [1.82, 2.24) is 4.98 Å². The van der Waals surface area contributed by atoms with Crippen LogP contribution in [0.2, 0.25) is 0 Å². The van der Waals surface area contributed by atoms with Crippen molar-refractivity contribution < 1.29 is 9.18 Å². The molecule has 1 heterocycles. The van der Waals surface area contributed by atoms with Gasteiger partial charge in [0.1, 0.15) is 5.82 Å². The second-order valence-corrected chi connectivity index (χ2v) is 6.32. The minimum Gasteiger partial charge on any atom is -0.326 e. The molecule has 3 aromatic carbocycles. The van der Waals surface area contributed by atoms with E-state index in [0.29, 0.717) is 5.69 Å².